The predicted octanol–water partition coefficient (Wildman–Crippen LogP) is 5.44. The fourth-order valence-electron chi connectivity index (χ4n) is 5.00. The van der Waals surface area contributed by atoms with E-state index in [1.807, 2.05) is 0 Å². The van der Waals surface area contributed by atoms with Gasteiger partial charge in [0.15, 0.2) is 0 Å². The molecule has 0 heterocycles. The van der Waals surface area contributed by atoms with Crippen LogP contribution in [0, 0.1) is 23.2 Å². The second-order valence-corrected chi connectivity index (χ2v) is 7.77. The maximum Gasteiger partial charge on any atom is 0.0522 e. The van der Waals surface area contributed by atoms with Gasteiger partial charge in [-0.3, -0.25) is 0 Å². The molecule has 0 spiro atoms. The van der Waals surface area contributed by atoms with Crippen LogP contribution in [0.25, 0.3) is 0 Å². The van der Waals surface area contributed by atoms with E-state index >= 15 is 0 Å². The summed E-state index contributed by atoms with van der Waals surface area (Å²) in [6.07, 6.45) is 12.5. The van der Waals surface area contributed by atoms with Crippen LogP contribution in [0.1, 0.15) is 78.6 Å². The first kappa shape index (κ1) is 15.4. The minimum absolute atomic E-state index is 0.546. The van der Waals surface area contributed by atoms with Crippen molar-refractivity contribution in [1.82, 2.24) is 0 Å². The smallest absolute Gasteiger partial charge is 0.0522 e. The van der Waals surface area contributed by atoms with Crippen LogP contribution in [-0.2, 0) is 4.74 Å². The summed E-state index contributed by atoms with van der Waals surface area (Å²) in [4.78, 5) is 0. The zero-order chi connectivity index (χ0) is 13.7. The molecule has 0 N–H and O–H groups in total. The molecule has 19 heavy (non-hydrogen) atoms. The van der Waals surface area contributed by atoms with Crippen molar-refractivity contribution in [1.29, 1.82) is 0 Å². The highest BCUT2D eigenvalue weighted by Gasteiger charge is 2.44. The van der Waals surface area contributed by atoms with Crippen LogP contribution < -0.4 is 0 Å². The Morgan fingerprint density at radius 2 is 1.63 bits per heavy atom. The zero-order valence-electron chi connectivity index (χ0n) is 13.4. The van der Waals surface area contributed by atoms with Crippen LogP contribution in [0.4, 0.5) is 0 Å². The van der Waals surface area contributed by atoms with Gasteiger partial charge in [-0.15, -0.1) is 0 Å². The Morgan fingerprint density at radius 1 is 0.947 bits per heavy atom. The van der Waals surface area contributed by atoms with Crippen molar-refractivity contribution in [2.45, 2.75) is 78.6 Å². The molecule has 0 aromatic heterocycles. The van der Waals surface area contributed by atoms with Gasteiger partial charge in [0, 0.05) is 6.61 Å². The zero-order valence-corrected chi connectivity index (χ0v) is 13.4. The van der Waals surface area contributed by atoms with Gasteiger partial charge in [-0.25, -0.2) is 0 Å². The molecule has 0 radical (unpaired) electrons. The van der Waals surface area contributed by atoms with Crippen molar-refractivity contribution in [3.05, 3.63) is 0 Å². The Hall–Kier alpha value is -0.0400. The lowest BCUT2D eigenvalue weighted by atomic mass is 9.57. The minimum Gasteiger partial charge on any atom is -0.381 e. The summed E-state index contributed by atoms with van der Waals surface area (Å²) in [5, 5.41) is 0. The summed E-state index contributed by atoms with van der Waals surface area (Å²) in [5.74, 6) is 2.85. The molecule has 2 fully saturated rings. The van der Waals surface area contributed by atoms with Crippen molar-refractivity contribution in [3.8, 4) is 0 Å². The van der Waals surface area contributed by atoms with Crippen LogP contribution in [0.5, 0.6) is 0 Å². The number of hydrogen-bond donors (Lipinski definition) is 0. The topological polar surface area (TPSA) is 9.23 Å². The average Bonchev–Trinajstić information content (AvgIpc) is 2.31. The third-order valence-electron chi connectivity index (χ3n) is 5.31. The lowest BCUT2D eigenvalue weighted by molar-refractivity contribution is -0.0518. The van der Waals surface area contributed by atoms with E-state index in [1.165, 1.54) is 57.8 Å². The molecule has 2 aliphatic carbocycles. The Kier molecular flexibility index (Phi) is 5.74. The minimum atomic E-state index is 0.546. The molecule has 1 nitrogen and oxygen atoms in total. The lowest BCUT2D eigenvalue weighted by Crippen LogP contribution is -2.42. The molecule has 2 aliphatic rings. The standard InChI is InChI=1S/C18H34O/c1-4-5-6-7-8-19-14-18-11-15(2)9-17(13-18)10-16(3)12-18/h15-17H,4-14H2,1-3H3. The van der Waals surface area contributed by atoms with E-state index in [-0.39, 0.29) is 0 Å². The molecule has 2 unspecified atom stereocenters. The highest BCUT2D eigenvalue weighted by atomic mass is 16.5. The van der Waals surface area contributed by atoms with Crippen molar-refractivity contribution in [3.63, 3.8) is 0 Å². The molecule has 2 saturated carbocycles. The van der Waals surface area contributed by atoms with E-state index in [1.54, 1.807) is 0 Å². The van der Waals surface area contributed by atoms with Gasteiger partial charge in [0.2, 0.25) is 0 Å². The Labute approximate surface area is 120 Å². The molecule has 0 saturated heterocycles. The first-order chi connectivity index (χ1) is 9.13. The van der Waals surface area contributed by atoms with E-state index < -0.39 is 0 Å². The maximum atomic E-state index is 6.09. The van der Waals surface area contributed by atoms with Crippen LogP contribution in [-0.4, -0.2) is 13.2 Å². The number of ether oxygens (including phenoxy) is 1. The summed E-state index contributed by atoms with van der Waals surface area (Å²) in [7, 11) is 0. The third kappa shape index (κ3) is 4.48. The summed E-state index contributed by atoms with van der Waals surface area (Å²) in [6.45, 7) is 9.22. The first-order valence-electron chi connectivity index (χ1n) is 8.71. The predicted molar refractivity (Wildman–Crippen MR) is 82.3 cm³/mol. The number of unbranched alkanes of at least 4 members (excludes halogenated alkanes) is 3. The van der Waals surface area contributed by atoms with Gasteiger partial charge in [-0.05, 0) is 61.7 Å². The summed E-state index contributed by atoms with van der Waals surface area (Å²) in [6, 6.07) is 0. The molecule has 0 amide bonds. The van der Waals surface area contributed by atoms with Gasteiger partial charge >= 0.3 is 0 Å². The van der Waals surface area contributed by atoms with Gasteiger partial charge < -0.3 is 4.74 Å². The van der Waals surface area contributed by atoms with Gasteiger partial charge in [0.1, 0.15) is 0 Å². The average molecular weight is 266 g/mol. The lowest BCUT2D eigenvalue weighted by Gasteiger charge is -2.49. The van der Waals surface area contributed by atoms with E-state index in [2.05, 4.69) is 20.8 Å². The molecule has 0 aromatic rings. The molecule has 112 valence electrons. The van der Waals surface area contributed by atoms with Gasteiger partial charge in [0.05, 0.1) is 6.61 Å². The quantitative estimate of drug-likeness (QED) is 0.558. The van der Waals surface area contributed by atoms with Crippen LogP contribution in [0.3, 0.4) is 0 Å². The fraction of sp³-hybridized carbons (Fsp3) is 1.00. The highest BCUT2D eigenvalue weighted by molar-refractivity contribution is 4.94. The Balaban J connectivity index is 1.75. The molecule has 0 aliphatic heterocycles. The van der Waals surface area contributed by atoms with Crippen LogP contribution in [0.15, 0.2) is 0 Å². The SMILES string of the molecule is CCCCCCOCC12CC(C)CC(CC(C)C1)C2. The van der Waals surface area contributed by atoms with Gasteiger partial charge in [-0.2, -0.15) is 0 Å². The van der Waals surface area contributed by atoms with E-state index in [4.69, 9.17) is 4.74 Å². The van der Waals surface area contributed by atoms with Gasteiger partial charge in [-0.1, -0.05) is 40.0 Å². The second-order valence-electron chi connectivity index (χ2n) is 7.77. The summed E-state index contributed by atoms with van der Waals surface area (Å²) < 4.78 is 6.09. The van der Waals surface area contributed by atoms with Crippen molar-refractivity contribution < 1.29 is 4.74 Å². The molecule has 2 bridgehead atoms. The molecule has 2 atom stereocenters. The van der Waals surface area contributed by atoms with Crippen LogP contribution in [0.2, 0.25) is 0 Å². The van der Waals surface area contributed by atoms with E-state index in [0.717, 1.165) is 31.0 Å². The van der Waals surface area contributed by atoms with E-state index in [0.29, 0.717) is 5.41 Å². The van der Waals surface area contributed by atoms with Crippen molar-refractivity contribution in [2.75, 3.05) is 13.2 Å². The molecule has 1 heteroatoms. The molecule has 2 rings (SSSR count). The van der Waals surface area contributed by atoms with Gasteiger partial charge in [0.25, 0.3) is 0 Å². The molecular formula is C18H34O. The number of rotatable bonds is 7. The first-order valence-corrected chi connectivity index (χ1v) is 8.71. The largest absolute Gasteiger partial charge is 0.381 e. The monoisotopic (exact) mass is 266 g/mol. The maximum absolute atomic E-state index is 6.09. The summed E-state index contributed by atoms with van der Waals surface area (Å²) in [5.41, 5.74) is 0.546. The fourth-order valence-corrected chi connectivity index (χ4v) is 5.00. The molecular weight excluding hydrogens is 232 g/mol. The number of hydrogen-bond acceptors (Lipinski definition) is 1. The van der Waals surface area contributed by atoms with Crippen molar-refractivity contribution >= 4 is 0 Å². The van der Waals surface area contributed by atoms with Crippen molar-refractivity contribution in [2.24, 2.45) is 23.2 Å². The third-order valence-corrected chi connectivity index (χ3v) is 5.31. The van der Waals surface area contributed by atoms with E-state index in [9.17, 15) is 0 Å². The second kappa shape index (κ2) is 7.11. The van der Waals surface area contributed by atoms with Crippen LogP contribution >= 0.6 is 0 Å². The highest BCUT2D eigenvalue weighted by Crippen LogP contribution is 2.52. The summed E-state index contributed by atoms with van der Waals surface area (Å²) >= 11 is 0. The Morgan fingerprint density at radius 3 is 2.26 bits per heavy atom. The number of fused-ring (bicyclic) bond motifs is 2. The Bertz CT molecular complexity index is 241. The molecule has 0 aromatic carbocycles. The normalized spacial score (nSPS) is 38.4.